The number of H-pyrrole nitrogens is 1. The van der Waals surface area contributed by atoms with Crippen molar-refractivity contribution in [2.75, 3.05) is 0 Å². The van der Waals surface area contributed by atoms with Crippen molar-refractivity contribution in [2.45, 2.75) is 0 Å². The molecule has 1 rings (SSSR count). The molecule has 2 nitrogen and oxygen atoms in total. The molecule has 0 saturated carbocycles. The van der Waals surface area contributed by atoms with Gasteiger partial charge in [-0.3, -0.25) is 0 Å². The predicted molar refractivity (Wildman–Crippen MR) is 20.2 cm³/mol. The van der Waals surface area contributed by atoms with Crippen LogP contribution in [0.25, 0.3) is 0 Å². The molecule has 0 bridgehead atoms. The van der Waals surface area contributed by atoms with E-state index in [-0.39, 0.29) is 35.4 Å². The molecule has 0 aliphatic rings. The Morgan fingerprint density at radius 2 is 2.29 bits per heavy atom. The van der Waals surface area contributed by atoms with Gasteiger partial charge in [0, 0.05) is 0 Å². The van der Waals surface area contributed by atoms with Gasteiger partial charge in [0.25, 0.3) is 0 Å². The van der Waals surface area contributed by atoms with E-state index < -0.39 is 0 Å². The molecule has 0 unspecified atom stereocenters. The molecule has 1 N–H and O–H groups in total. The van der Waals surface area contributed by atoms with Crippen LogP contribution in [0.1, 0.15) is 0 Å². The van der Waals surface area contributed by atoms with Crippen LogP contribution in [0.4, 0.5) is 0 Å². The molecule has 3 heteroatoms. The van der Waals surface area contributed by atoms with Crippen molar-refractivity contribution in [3.05, 3.63) is 18.3 Å². The van der Waals surface area contributed by atoms with E-state index in [9.17, 15) is 5.11 Å². The summed E-state index contributed by atoms with van der Waals surface area (Å²) in [5.41, 5.74) is 0. The second-order valence-corrected chi connectivity index (χ2v) is 1.03. The van der Waals surface area contributed by atoms with Gasteiger partial charge in [-0.05, 0) is 18.1 Å². The number of hydrogen-bond acceptors (Lipinski definition) is 1. The molecule has 0 aliphatic heterocycles. The van der Waals surface area contributed by atoms with Gasteiger partial charge in [0.2, 0.25) is 0 Å². The summed E-state index contributed by atoms with van der Waals surface area (Å²) in [6.45, 7) is 0. The minimum Gasteiger partial charge on any atom is -0.860 e. The van der Waals surface area contributed by atoms with Gasteiger partial charge in [-0.1, -0.05) is 6.07 Å². The van der Waals surface area contributed by atoms with Crippen molar-refractivity contribution in [1.82, 2.24) is 4.98 Å². The number of nitrogens with one attached hydrogen (secondary N) is 1. The second-order valence-electron chi connectivity index (χ2n) is 1.03. The Hall–Kier alpha value is 0.0800. The van der Waals surface area contributed by atoms with E-state index in [0.717, 1.165) is 0 Å². The topological polar surface area (TPSA) is 38.8 Å². The van der Waals surface area contributed by atoms with E-state index >= 15 is 0 Å². The Labute approximate surface area is 63.8 Å². The zero-order valence-electron chi connectivity index (χ0n) is 4.14. The maximum atomic E-state index is 10.0. The molecule has 0 radical (unpaired) electrons. The van der Waals surface area contributed by atoms with Gasteiger partial charge in [0.05, 0.1) is 0 Å². The zero-order valence-corrected chi connectivity index (χ0v) is 6.14. The first-order chi connectivity index (χ1) is 2.89. The number of rotatable bonds is 0. The fraction of sp³-hybridized carbons (Fsp3) is 0. The summed E-state index contributed by atoms with van der Waals surface area (Å²) >= 11 is 0. The van der Waals surface area contributed by atoms with Crippen molar-refractivity contribution in [3.8, 4) is 5.88 Å². The van der Waals surface area contributed by atoms with Crippen LogP contribution in [0.5, 0.6) is 5.88 Å². The molecule has 0 amide bonds. The van der Waals surface area contributed by atoms with E-state index in [1.807, 2.05) is 0 Å². The van der Waals surface area contributed by atoms with Gasteiger partial charge in [-0.2, -0.15) is 0 Å². The summed E-state index contributed by atoms with van der Waals surface area (Å²) < 4.78 is 0. The van der Waals surface area contributed by atoms with Gasteiger partial charge < -0.3 is 10.1 Å². The van der Waals surface area contributed by atoms with Gasteiger partial charge in [-0.15, -0.1) is 0 Å². The number of aromatic amines is 1. The van der Waals surface area contributed by atoms with Gasteiger partial charge in [-0.25, -0.2) is 0 Å². The summed E-state index contributed by atoms with van der Waals surface area (Å²) in [6.07, 6.45) is 1.60. The fourth-order valence-corrected chi connectivity index (χ4v) is 0.314. The molecule has 0 saturated heterocycles. The molecule has 1 aromatic heterocycles. The van der Waals surface area contributed by atoms with Crippen LogP contribution in [0, 0.1) is 0 Å². The molecular weight excluding hydrogens is 101 g/mol. The van der Waals surface area contributed by atoms with Crippen LogP contribution in [0.3, 0.4) is 0 Å². The van der Waals surface area contributed by atoms with Crippen molar-refractivity contribution in [2.24, 2.45) is 0 Å². The largest absolute Gasteiger partial charge is 1.00 e. The SMILES string of the molecule is [Na+].[O-]c1ccc[nH]1. The standard InChI is InChI=1S/C4H5NO.Na/c6-4-2-1-3-5-4;/h1-3,5-6H;/q;+1/p-1. The Morgan fingerprint density at radius 3 is 2.43 bits per heavy atom. The molecule has 0 fully saturated rings. The zero-order chi connectivity index (χ0) is 4.41. The Kier molecular flexibility index (Phi) is 3.17. The fourth-order valence-electron chi connectivity index (χ4n) is 0.314. The van der Waals surface area contributed by atoms with E-state index in [1.54, 1.807) is 12.3 Å². The van der Waals surface area contributed by atoms with Crippen LogP contribution >= 0.6 is 0 Å². The number of aromatic nitrogens is 1. The van der Waals surface area contributed by atoms with Crippen LogP contribution in [0.2, 0.25) is 0 Å². The van der Waals surface area contributed by atoms with Crippen LogP contribution in [-0.4, -0.2) is 4.98 Å². The van der Waals surface area contributed by atoms with Crippen LogP contribution in [-0.2, 0) is 0 Å². The van der Waals surface area contributed by atoms with Crippen molar-refractivity contribution >= 4 is 0 Å². The average Bonchev–Trinajstić information content (AvgIpc) is 1.86. The smallest absolute Gasteiger partial charge is 0.860 e. The van der Waals surface area contributed by atoms with Gasteiger partial charge in [0.1, 0.15) is 0 Å². The summed E-state index contributed by atoms with van der Waals surface area (Å²) in [5.74, 6) is -0.0324. The van der Waals surface area contributed by atoms with Gasteiger partial charge in [0.15, 0.2) is 0 Å². The summed E-state index contributed by atoms with van der Waals surface area (Å²) in [7, 11) is 0. The molecule has 1 heterocycles. The molecule has 0 spiro atoms. The Morgan fingerprint density at radius 1 is 1.57 bits per heavy atom. The Bertz CT molecular complexity index is 115. The van der Waals surface area contributed by atoms with E-state index in [0.29, 0.717) is 0 Å². The maximum absolute atomic E-state index is 10.0. The quantitative estimate of drug-likeness (QED) is 0.353. The second kappa shape index (κ2) is 3.13. The van der Waals surface area contributed by atoms with E-state index in [2.05, 4.69) is 4.98 Å². The third-order valence-electron chi connectivity index (χ3n) is 0.569. The van der Waals surface area contributed by atoms with Crippen LogP contribution < -0.4 is 34.7 Å². The molecule has 0 atom stereocenters. The third kappa shape index (κ3) is 2.02. The molecule has 32 valence electrons. The van der Waals surface area contributed by atoms with Crippen molar-refractivity contribution in [1.29, 1.82) is 0 Å². The van der Waals surface area contributed by atoms with Crippen molar-refractivity contribution < 1.29 is 34.7 Å². The maximum Gasteiger partial charge on any atom is 1.00 e. The minimum atomic E-state index is -0.0324. The predicted octanol–water partition coefficient (Wildman–Crippen LogP) is -2.91. The monoisotopic (exact) mass is 105 g/mol. The average molecular weight is 105 g/mol. The van der Waals surface area contributed by atoms with Gasteiger partial charge >= 0.3 is 29.6 Å². The number of hydrogen-bond donors (Lipinski definition) is 1. The molecule has 1 aromatic rings. The molecule has 0 aliphatic carbocycles. The normalized spacial score (nSPS) is 7.43. The molecular formula is C4H4NNaO. The van der Waals surface area contributed by atoms with Crippen molar-refractivity contribution in [3.63, 3.8) is 0 Å². The third-order valence-corrected chi connectivity index (χ3v) is 0.569. The first-order valence-corrected chi connectivity index (χ1v) is 1.70. The summed E-state index contributed by atoms with van der Waals surface area (Å²) in [4.78, 5) is 2.44. The Balaban J connectivity index is 0.000000360. The first-order valence-electron chi connectivity index (χ1n) is 1.70. The summed E-state index contributed by atoms with van der Waals surface area (Å²) in [5, 5.41) is 10.0. The minimum absolute atomic E-state index is 0. The first kappa shape index (κ1) is 7.08. The summed E-state index contributed by atoms with van der Waals surface area (Å²) in [6, 6.07) is 3.14. The molecule has 0 aromatic carbocycles. The molecule has 7 heavy (non-hydrogen) atoms. The van der Waals surface area contributed by atoms with E-state index in [1.165, 1.54) is 6.07 Å². The van der Waals surface area contributed by atoms with E-state index in [4.69, 9.17) is 0 Å². The van der Waals surface area contributed by atoms with Crippen LogP contribution in [0.15, 0.2) is 18.3 Å².